The second-order valence-electron chi connectivity index (χ2n) is 4.60. The number of thiazole rings is 1. The van der Waals surface area contributed by atoms with Crippen LogP contribution in [0, 0.1) is 0 Å². The summed E-state index contributed by atoms with van der Waals surface area (Å²) in [5.41, 5.74) is 1.06. The van der Waals surface area contributed by atoms with Crippen LogP contribution in [0.4, 0.5) is 0 Å². The summed E-state index contributed by atoms with van der Waals surface area (Å²) < 4.78 is 4.88. The number of nitrogens with one attached hydrogen (secondary N) is 2. The zero-order valence-electron chi connectivity index (χ0n) is 11.9. The first-order chi connectivity index (χ1) is 9.13. The Kier molecular flexibility index (Phi) is 7.62. The molecule has 0 aliphatic heterocycles. The van der Waals surface area contributed by atoms with E-state index in [-0.39, 0.29) is 5.91 Å². The lowest BCUT2D eigenvalue weighted by Gasteiger charge is -2.05. The van der Waals surface area contributed by atoms with Crippen LogP contribution in [0.1, 0.15) is 30.5 Å². The van der Waals surface area contributed by atoms with Gasteiger partial charge in [-0.2, -0.15) is 0 Å². The summed E-state index contributed by atoms with van der Waals surface area (Å²) in [6.07, 6.45) is 0.785. The maximum Gasteiger partial charge on any atom is 0.233 e. The van der Waals surface area contributed by atoms with Crippen molar-refractivity contribution in [1.29, 1.82) is 0 Å². The van der Waals surface area contributed by atoms with Gasteiger partial charge in [-0.1, -0.05) is 13.8 Å². The molecule has 1 aromatic heterocycles. The highest BCUT2D eigenvalue weighted by Crippen LogP contribution is 2.19. The summed E-state index contributed by atoms with van der Waals surface area (Å²) in [6, 6.07) is 0. The van der Waals surface area contributed by atoms with Gasteiger partial charge in [-0.3, -0.25) is 4.79 Å². The van der Waals surface area contributed by atoms with E-state index in [0.717, 1.165) is 17.1 Å². The van der Waals surface area contributed by atoms with Crippen LogP contribution in [-0.4, -0.2) is 44.2 Å². The quantitative estimate of drug-likeness (QED) is 0.668. The van der Waals surface area contributed by atoms with Crippen LogP contribution < -0.4 is 10.6 Å². The first-order valence-electron chi connectivity index (χ1n) is 6.54. The van der Waals surface area contributed by atoms with Crippen LogP contribution in [0.2, 0.25) is 0 Å². The van der Waals surface area contributed by atoms with Crippen molar-refractivity contribution in [2.75, 3.05) is 33.4 Å². The molecule has 108 valence electrons. The molecule has 0 saturated heterocycles. The lowest BCUT2D eigenvalue weighted by Crippen LogP contribution is -2.36. The highest BCUT2D eigenvalue weighted by molar-refractivity contribution is 7.09. The molecular formula is C13H23N3O2S. The molecule has 1 amide bonds. The predicted molar refractivity (Wildman–Crippen MR) is 77.7 cm³/mol. The van der Waals surface area contributed by atoms with Gasteiger partial charge in [-0.25, -0.2) is 4.98 Å². The van der Waals surface area contributed by atoms with Crippen LogP contribution in [-0.2, 0) is 16.0 Å². The van der Waals surface area contributed by atoms with E-state index in [1.165, 1.54) is 0 Å². The number of amides is 1. The predicted octanol–water partition coefficient (Wildman–Crippen LogP) is 1.16. The van der Waals surface area contributed by atoms with Crippen molar-refractivity contribution in [3.63, 3.8) is 0 Å². The number of hydrogen-bond acceptors (Lipinski definition) is 5. The van der Waals surface area contributed by atoms with Gasteiger partial charge in [0.1, 0.15) is 0 Å². The molecule has 1 rings (SSSR count). The number of nitrogens with zero attached hydrogens (tertiary/aromatic N) is 1. The lowest BCUT2D eigenvalue weighted by atomic mass is 10.2. The van der Waals surface area contributed by atoms with Crippen LogP contribution in [0.25, 0.3) is 0 Å². The molecule has 0 aliphatic rings. The summed E-state index contributed by atoms with van der Waals surface area (Å²) in [5.74, 6) is 0.480. The summed E-state index contributed by atoms with van der Waals surface area (Å²) in [6.45, 7) is 6.54. The Hall–Kier alpha value is -0.980. The number of rotatable bonds is 9. The molecule has 0 aromatic carbocycles. The molecule has 0 radical (unpaired) electrons. The first-order valence-corrected chi connectivity index (χ1v) is 7.42. The maximum absolute atomic E-state index is 11.5. The SMILES string of the molecule is COCCNCC(=O)NCCc1csc(C(C)C)n1. The number of methoxy groups -OCH3 is 1. The van der Waals surface area contributed by atoms with Crippen LogP contribution in [0.15, 0.2) is 5.38 Å². The van der Waals surface area contributed by atoms with Crippen molar-refractivity contribution >= 4 is 17.2 Å². The molecule has 0 saturated carbocycles. The monoisotopic (exact) mass is 285 g/mol. The van der Waals surface area contributed by atoms with Gasteiger partial charge in [-0.05, 0) is 0 Å². The Morgan fingerprint density at radius 2 is 2.26 bits per heavy atom. The highest BCUT2D eigenvalue weighted by atomic mass is 32.1. The standard InChI is InChI=1S/C13H23N3O2S/c1-10(2)13-16-11(9-19-13)4-5-15-12(17)8-14-6-7-18-3/h9-10,14H,4-8H2,1-3H3,(H,15,17). The molecule has 2 N–H and O–H groups in total. The van der Waals surface area contributed by atoms with E-state index in [0.29, 0.717) is 32.2 Å². The molecule has 0 spiro atoms. The second-order valence-corrected chi connectivity index (χ2v) is 5.49. The molecule has 0 fully saturated rings. The van der Waals surface area contributed by atoms with E-state index < -0.39 is 0 Å². The Bertz CT molecular complexity index is 380. The summed E-state index contributed by atoms with van der Waals surface area (Å²) in [7, 11) is 1.64. The van der Waals surface area contributed by atoms with Gasteiger partial charge in [0.2, 0.25) is 5.91 Å². The van der Waals surface area contributed by atoms with Gasteiger partial charge < -0.3 is 15.4 Å². The van der Waals surface area contributed by atoms with Crippen molar-refractivity contribution < 1.29 is 9.53 Å². The number of hydrogen-bond donors (Lipinski definition) is 2. The Labute approximate surface area is 118 Å². The molecule has 19 heavy (non-hydrogen) atoms. The molecule has 6 heteroatoms. The van der Waals surface area contributed by atoms with Crippen molar-refractivity contribution in [3.05, 3.63) is 16.1 Å². The van der Waals surface area contributed by atoms with Gasteiger partial charge in [0.25, 0.3) is 0 Å². The Morgan fingerprint density at radius 1 is 1.47 bits per heavy atom. The summed E-state index contributed by atoms with van der Waals surface area (Å²) in [5, 5.41) is 9.10. The number of carbonyl (C=O) groups excluding carboxylic acids is 1. The highest BCUT2D eigenvalue weighted by Gasteiger charge is 2.06. The van der Waals surface area contributed by atoms with E-state index in [9.17, 15) is 4.79 Å². The zero-order chi connectivity index (χ0) is 14.1. The molecule has 0 bridgehead atoms. The van der Waals surface area contributed by atoms with Gasteiger partial charge in [0, 0.05) is 37.9 Å². The molecule has 1 heterocycles. The minimum absolute atomic E-state index is 0.00964. The van der Waals surface area contributed by atoms with Gasteiger partial charge in [-0.15, -0.1) is 11.3 Å². The molecule has 0 unspecified atom stereocenters. The van der Waals surface area contributed by atoms with E-state index in [2.05, 4.69) is 34.8 Å². The smallest absolute Gasteiger partial charge is 0.233 e. The molecule has 0 atom stereocenters. The average molecular weight is 285 g/mol. The van der Waals surface area contributed by atoms with Crippen molar-refractivity contribution in [1.82, 2.24) is 15.6 Å². The third-order valence-corrected chi connectivity index (χ3v) is 3.73. The normalized spacial score (nSPS) is 10.9. The third-order valence-electron chi connectivity index (χ3n) is 2.54. The van der Waals surface area contributed by atoms with E-state index in [1.54, 1.807) is 18.4 Å². The van der Waals surface area contributed by atoms with E-state index in [1.807, 2.05) is 0 Å². The van der Waals surface area contributed by atoms with Crippen LogP contribution in [0.3, 0.4) is 0 Å². The fourth-order valence-electron chi connectivity index (χ4n) is 1.47. The Balaban J connectivity index is 2.13. The molecule has 0 aliphatic carbocycles. The van der Waals surface area contributed by atoms with Gasteiger partial charge in [0.05, 0.1) is 23.9 Å². The minimum Gasteiger partial charge on any atom is -0.383 e. The fraction of sp³-hybridized carbons (Fsp3) is 0.692. The maximum atomic E-state index is 11.5. The number of aromatic nitrogens is 1. The fourth-order valence-corrected chi connectivity index (χ4v) is 2.34. The zero-order valence-corrected chi connectivity index (χ0v) is 12.7. The minimum atomic E-state index is 0.00964. The van der Waals surface area contributed by atoms with Crippen molar-refractivity contribution in [2.24, 2.45) is 0 Å². The number of ether oxygens (including phenoxy) is 1. The van der Waals surface area contributed by atoms with E-state index >= 15 is 0 Å². The summed E-state index contributed by atoms with van der Waals surface area (Å²) in [4.78, 5) is 16.0. The molecule has 5 nitrogen and oxygen atoms in total. The molecular weight excluding hydrogens is 262 g/mol. The topological polar surface area (TPSA) is 63.2 Å². The second kappa shape index (κ2) is 9.01. The average Bonchev–Trinajstić information content (AvgIpc) is 2.84. The van der Waals surface area contributed by atoms with Crippen molar-refractivity contribution in [3.8, 4) is 0 Å². The van der Waals surface area contributed by atoms with Crippen LogP contribution >= 0.6 is 11.3 Å². The van der Waals surface area contributed by atoms with Crippen LogP contribution in [0.5, 0.6) is 0 Å². The van der Waals surface area contributed by atoms with E-state index in [4.69, 9.17) is 4.74 Å². The van der Waals surface area contributed by atoms with Crippen molar-refractivity contribution in [2.45, 2.75) is 26.2 Å². The summed E-state index contributed by atoms with van der Waals surface area (Å²) >= 11 is 1.69. The number of carbonyl (C=O) groups is 1. The largest absolute Gasteiger partial charge is 0.383 e. The lowest BCUT2D eigenvalue weighted by molar-refractivity contribution is -0.120. The molecule has 1 aromatic rings. The Morgan fingerprint density at radius 3 is 2.89 bits per heavy atom. The van der Waals surface area contributed by atoms with Gasteiger partial charge in [0.15, 0.2) is 0 Å². The van der Waals surface area contributed by atoms with Gasteiger partial charge >= 0.3 is 0 Å². The first kappa shape index (κ1) is 16.1. The third kappa shape index (κ3) is 6.66.